The van der Waals surface area contributed by atoms with E-state index in [0.29, 0.717) is 16.2 Å². The van der Waals surface area contributed by atoms with Crippen LogP contribution in [-0.4, -0.2) is 34.1 Å². The molecule has 2 aliphatic heterocycles. The van der Waals surface area contributed by atoms with Crippen molar-refractivity contribution in [3.8, 4) is 0 Å². The fourth-order valence-electron chi connectivity index (χ4n) is 4.65. The molecule has 0 bridgehead atoms. The van der Waals surface area contributed by atoms with Crippen molar-refractivity contribution in [2.45, 2.75) is 31.7 Å². The Hall–Kier alpha value is -1.86. The number of H-pyrrole nitrogens is 1. The van der Waals surface area contributed by atoms with Gasteiger partial charge in [0.25, 0.3) is 0 Å². The van der Waals surface area contributed by atoms with Gasteiger partial charge in [-0.1, -0.05) is 24.1 Å². The summed E-state index contributed by atoms with van der Waals surface area (Å²) < 4.78 is 0.859. The maximum atomic E-state index is 6.18. The highest BCUT2D eigenvalue weighted by atomic mass is 79.9. The molecule has 2 aliphatic rings. The largest absolute Gasteiger partial charge is 0.361 e. The molecule has 5 rings (SSSR count). The first-order chi connectivity index (χ1) is 15.1. The van der Waals surface area contributed by atoms with E-state index in [0.717, 1.165) is 34.3 Å². The summed E-state index contributed by atoms with van der Waals surface area (Å²) >= 11 is 15.1. The monoisotopic (exact) mass is 514 g/mol. The molecule has 1 fully saturated rings. The first-order valence-electron chi connectivity index (χ1n) is 10.6. The van der Waals surface area contributed by atoms with E-state index in [9.17, 15) is 0 Å². The van der Waals surface area contributed by atoms with Crippen LogP contribution in [-0.2, 0) is 0 Å². The van der Waals surface area contributed by atoms with Crippen molar-refractivity contribution >= 4 is 72.7 Å². The number of anilines is 2. The fourth-order valence-corrected chi connectivity index (χ4v) is 5.31. The van der Waals surface area contributed by atoms with Crippen LogP contribution in [0.1, 0.15) is 31.2 Å². The topological polar surface area (TPSA) is 43.1 Å². The number of aromatic amines is 1. The van der Waals surface area contributed by atoms with Crippen LogP contribution in [0.5, 0.6) is 0 Å². The SMILES string of the molecule is S=C(Nc1ccc(Br)c(Cl)c1)Nc1ccc2[nH]cc(C3=CCN4CCCCC4C3)c2c1. The Morgan fingerprint density at radius 1 is 1.13 bits per heavy atom. The van der Waals surface area contributed by atoms with Crippen LogP contribution in [0, 0.1) is 0 Å². The van der Waals surface area contributed by atoms with Gasteiger partial charge in [0, 0.05) is 51.1 Å². The summed E-state index contributed by atoms with van der Waals surface area (Å²) in [5.41, 5.74) is 5.72. The molecule has 0 aliphatic carbocycles. The third-order valence-corrected chi connectivity index (χ3v) is 7.68. The van der Waals surface area contributed by atoms with E-state index in [-0.39, 0.29) is 0 Å². The first kappa shape index (κ1) is 21.0. The van der Waals surface area contributed by atoms with Gasteiger partial charge >= 0.3 is 0 Å². The minimum Gasteiger partial charge on any atom is -0.361 e. The molecule has 0 amide bonds. The molecule has 31 heavy (non-hydrogen) atoms. The van der Waals surface area contributed by atoms with E-state index in [1.807, 2.05) is 24.3 Å². The van der Waals surface area contributed by atoms with Crippen molar-refractivity contribution in [1.29, 1.82) is 0 Å². The third-order valence-electron chi connectivity index (χ3n) is 6.24. The zero-order valence-electron chi connectivity index (χ0n) is 17.1. The molecule has 1 aromatic heterocycles. The highest BCUT2D eigenvalue weighted by Crippen LogP contribution is 2.35. The average Bonchev–Trinajstić information content (AvgIpc) is 3.19. The molecular formula is C24H24BrClN4S. The standard InChI is InChI=1S/C24H24BrClN4S/c25-21-6-4-17(13-22(21)26)29-24(31)28-16-5-7-23-19(12-16)20(14-27-23)15-8-10-30-9-2-1-3-18(30)11-15/h4-8,12-14,18,27H,1-3,9-11H2,(H2,28,29,31). The first-order valence-corrected chi connectivity index (χ1v) is 12.2. The molecule has 0 radical (unpaired) electrons. The minimum atomic E-state index is 0.532. The molecule has 2 aromatic carbocycles. The quantitative estimate of drug-likeness (QED) is 0.327. The fraction of sp³-hybridized carbons (Fsp3) is 0.292. The van der Waals surface area contributed by atoms with Gasteiger partial charge in [-0.15, -0.1) is 0 Å². The van der Waals surface area contributed by atoms with Gasteiger partial charge in [0.1, 0.15) is 0 Å². The Bertz CT molecular complexity index is 1170. The molecular weight excluding hydrogens is 492 g/mol. The number of nitrogens with zero attached hydrogens (tertiary/aromatic N) is 1. The van der Waals surface area contributed by atoms with Crippen molar-refractivity contribution in [3.63, 3.8) is 0 Å². The van der Waals surface area contributed by atoms with E-state index in [4.69, 9.17) is 23.8 Å². The van der Waals surface area contributed by atoms with Gasteiger partial charge in [0.05, 0.1) is 5.02 Å². The highest BCUT2D eigenvalue weighted by Gasteiger charge is 2.27. The van der Waals surface area contributed by atoms with Crippen LogP contribution in [0.2, 0.25) is 5.02 Å². The van der Waals surface area contributed by atoms with Gasteiger partial charge in [-0.05, 0) is 95.9 Å². The third kappa shape index (κ3) is 4.53. The van der Waals surface area contributed by atoms with E-state index in [1.54, 1.807) is 0 Å². The van der Waals surface area contributed by atoms with Crippen molar-refractivity contribution in [1.82, 2.24) is 9.88 Å². The minimum absolute atomic E-state index is 0.532. The number of thiocarbonyl (C=S) groups is 1. The van der Waals surface area contributed by atoms with E-state index < -0.39 is 0 Å². The van der Waals surface area contributed by atoms with E-state index >= 15 is 0 Å². The molecule has 3 aromatic rings. The molecule has 4 nitrogen and oxygen atoms in total. The van der Waals surface area contributed by atoms with E-state index in [2.05, 4.69) is 60.9 Å². The molecule has 1 atom stereocenters. The number of halogens is 2. The smallest absolute Gasteiger partial charge is 0.175 e. The van der Waals surface area contributed by atoms with Gasteiger partial charge in [-0.3, -0.25) is 4.90 Å². The lowest BCUT2D eigenvalue weighted by atomic mass is 9.89. The zero-order valence-corrected chi connectivity index (χ0v) is 20.2. The van der Waals surface area contributed by atoms with Crippen molar-refractivity contribution in [3.05, 3.63) is 63.7 Å². The Morgan fingerprint density at radius 2 is 1.94 bits per heavy atom. The second-order valence-electron chi connectivity index (χ2n) is 8.25. The Morgan fingerprint density at radius 3 is 2.77 bits per heavy atom. The number of benzene rings is 2. The predicted octanol–water partition coefficient (Wildman–Crippen LogP) is 7.03. The lowest BCUT2D eigenvalue weighted by molar-refractivity contribution is 0.161. The average molecular weight is 516 g/mol. The number of hydrogen-bond donors (Lipinski definition) is 3. The van der Waals surface area contributed by atoms with Crippen LogP contribution in [0.3, 0.4) is 0 Å². The van der Waals surface area contributed by atoms with E-state index in [1.165, 1.54) is 42.3 Å². The highest BCUT2D eigenvalue weighted by molar-refractivity contribution is 9.10. The molecule has 3 heterocycles. The normalized spacial score (nSPS) is 19.0. The summed E-state index contributed by atoms with van der Waals surface area (Å²) in [6, 6.07) is 12.7. The molecule has 1 unspecified atom stereocenters. The molecule has 0 saturated carbocycles. The van der Waals surface area contributed by atoms with Crippen LogP contribution >= 0.6 is 39.7 Å². The van der Waals surface area contributed by atoms with Crippen LogP contribution in [0.4, 0.5) is 11.4 Å². The Balaban J connectivity index is 1.34. The second kappa shape index (κ2) is 8.94. The Labute approximate surface area is 201 Å². The summed E-state index contributed by atoms with van der Waals surface area (Å²) in [5.74, 6) is 0. The lowest BCUT2D eigenvalue weighted by Crippen LogP contribution is -2.41. The van der Waals surface area contributed by atoms with Gasteiger partial charge in [0.2, 0.25) is 0 Å². The summed E-state index contributed by atoms with van der Waals surface area (Å²) in [6.45, 7) is 2.30. The zero-order chi connectivity index (χ0) is 21.4. The van der Waals surface area contributed by atoms with Crippen LogP contribution < -0.4 is 10.6 Å². The molecule has 1 saturated heterocycles. The van der Waals surface area contributed by atoms with Crippen LogP contribution in [0.15, 0.2) is 53.1 Å². The summed E-state index contributed by atoms with van der Waals surface area (Å²) in [7, 11) is 0. The maximum Gasteiger partial charge on any atom is 0.175 e. The predicted molar refractivity (Wildman–Crippen MR) is 139 cm³/mol. The van der Waals surface area contributed by atoms with Crippen LogP contribution in [0.25, 0.3) is 16.5 Å². The molecule has 160 valence electrons. The number of nitrogens with one attached hydrogen (secondary N) is 3. The number of rotatable bonds is 3. The number of fused-ring (bicyclic) bond motifs is 2. The maximum absolute atomic E-state index is 6.18. The lowest BCUT2D eigenvalue weighted by Gasteiger charge is -2.38. The summed E-state index contributed by atoms with van der Waals surface area (Å²) in [5, 5.41) is 8.91. The van der Waals surface area contributed by atoms with Gasteiger partial charge < -0.3 is 15.6 Å². The molecule has 7 heteroatoms. The summed E-state index contributed by atoms with van der Waals surface area (Å²) in [6.07, 6.45) is 9.70. The Kier molecular flexibility index (Phi) is 6.06. The van der Waals surface area contributed by atoms with Crippen molar-refractivity contribution in [2.75, 3.05) is 23.7 Å². The number of piperidine rings is 1. The number of hydrogen-bond acceptors (Lipinski definition) is 2. The second-order valence-corrected chi connectivity index (χ2v) is 9.92. The van der Waals surface area contributed by atoms with Crippen molar-refractivity contribution < 1.29 is 0 Å². The summed E-state index contributed by atoms with van der Waals surface area (Å²) in [4.78, 5) is 6.07. The van der Waals surface area contributed by atoms with Gasteiger partial charge in [-0.2, -0.15) is 0 Å². The molecule has 0 spiro atoms. The van der Waals surface area contributed by atoms with Gasteiger partial charge in [0.15, 0.2) is 5.11 Å². The van der Waals surface area contributed by atoms with Crippen molar-refractivity contribution in [2.24, 2.45) is 0 Å². The van der Waals surface area contributed by atoms with Gasteiger partial charge in [-0.25, -0.2) is 0 Å². The molecule has 3 N–H and O–H groups in total. The number of aromatic nitrogens is 1.